The van der Waals surface area contributed by atoms with Gasteiger partial charge in [-0.1, -0.05) is 15.9 Å². The van der Waals surface area contributed by atoms with Crippen LogP contribution in [0.15, 0.2) is 16.6 Å². The average molecular weight is 246 g/mol. The number of hydrogen-bond acceptors (Lipinski definition) is 0. The summed E-state index contributed by atoms with van der Waals surface area (Å²) < 4.78 is 1.17. The van der Waals surface area contributed by atoms with Crippen molar-refractivity contribution in [3.8, 4) is 0 Å². The molecule has 2 heteroatoms. The van der Waals surface area contributed by atoms with Gasteiger partial charge in [0.25, 0.3) is 0 Å². The number of halogens is 2. The van der Waals surface area contributed by atoms with E-state index in [2.05, 4.69) is 35.0 Å². The van der Waals surface area contributed by atoms with E-state index in [0.29, 0.717) is 0 Å². The summed E-state index contributed by atoms with van der Waals surface area (Å²) in [5.41, 5.74) is 4.10. The Morgan fingerprint density at radius 2 is 2.25 bits per heavy atom. The van der Waals surface area contributed by atoms with Crippen LogP contribution in [-0.2, 0) is 6.42 Å². The topological polar surface area (TPSA) is 0 Å². The normalized spacial score (nSPS) is 21.1. The Morgan fingerprint density at radius 3 is 3.00 bits per heavy atom. The lowest BCUT2D eigenvalue weighted by molar-refractivity contribution is 0.879. The molecule has 1 atom stereocenters. The maximum atomic E-state index is 6.19. The Labute approximate surface area is 86.1 Å². The average Bonchev–Trinajstić information content (AvgIpc) is 2.31. The third-order valence-corrected chi connectivity index (χ3v) is 3.31. The van der Waals surface area contributed by atoms with Crippen LogP contribution in [0.25, 0.3) is 0 Å². The minimum atomic E-state index is 0.244. The molecule has 1 aliphatic rings. The number of alkyl halides is 1. The highest BCUT2D eigenvalue weighted by molar-refractivity contribution is 9.10. The van der Waals surface area contributed by atoms with E-state index in [1.807, 2.05) is 0 Å². The first kappa shape index (κ1) is 8.58. The maximum absolute atomic E-state index is 6.19. The van der Waals surface area contributed by atoms with Crippen molar-refractivity contribution in [2.45, 2.75) is 25.1 Å². The monoisotopic (exact) mass is 244 g/mol. The molecule has 0 N–H and O–H groups in total. The predicted octanol–water partition coefficient (Wildman–Crippen LogP) is 3.98. The van der Waals surface area contributed by atoms with E-state index in [1.54, 1.807) is 0 Å². The summed E-state index contributed by atoms with van der Waals surface area (Å²) in [6, 6.07) is 4.32. The fraction of sp³-hybridized carbons (Fsp3) is 0.400. The highest BCUT2D eigenvalue weighted by Gasteiger charge is 2.22. The molecule has 0 amide bonds. The smallest absolute Gasteiger partial charge is 0.0593 e. The Morgan fingerprint density at radius 1 is 1.50 bits per heavy atom. The molecule has 0 bridgehead atoms. The lowest BCUT2D eigenvalue weighted by atomic mass is 10.1. The predicted molar refractivity (Wildman–Crippen MR) is 55.8 cm³/mol. The third-order valence-electron chi connectivity index (χ3n) is 2.42. The van der Waals surface area contributed by atoms with Crippen molar-refractivity contribution < 1.29 is 0 Å². The van der Waals surface area contributed by atoms with Gasteiger partial charge in [0.05, 0.1) is 5.38 Å². The molecule has 0 saturated heterocycles. The molecular formula is C10H10BrCl. The molecule has 0 spiro atoms. The minimum absolute atomic E-state index is 0.244. The van der Waals surface area contributed by atoms with Crippen LogP contribution >= 0.6 is 27.5 Å². The molecule has 0 radical (unpaired) electrons. The summed E-state index contributed by atoms with van der Waals surface area (Å²) in [6.07, 6.45) is 2.22. The second-order valence-corrected chi connectivity index (χ2v) is 4.74. The summed E-state index contributed by atoms with van der Waals surface area (Å²) in [6.45, 7) is 2.13. The van der Waals surface area contributed by atoms with Gasteiger partial charge in [0.2, 0.25) is 0 Å². The van der Waals surface area contributed by atoms with E-state index in [1.165, 1.54) is 21.2 Å². The fourth-order valence-corrected chi connectivity index (χ4v) is 2.95. The van der Waals surface area contributed by atoms with Crippen molar-refractivity contribution in [1.82, 2.24) is 0 Å². The number of benzene rings is 1. The van der Waals surface area contributed by atoms with Crippen molar-refractivity contribution >= 4 is 27.5 Å². The molecule has 0 nitrogen and oxygen atoms in total. The van der Waals surface area contributed by atoms with Crippen LogP contribution in [0.2, 0.25) is 0 Å². The van der Waals surface area contributed by atoms with Crippen molar-refractivity contribution in [3.63, 3.8) is 0 Å². The molecule has 2 rings (SSSR count). The van der Waals surface area contributed by atoms with E-state index in [4.69, 9.17) is 11.6 Å². The van der Waals surface area contributed by atoms with Crippen LogP contribution in [0.1, 0.15) is 28.5 Å². The maximum Gasteiger partial charge on any atom is 0.0593 e. The first-order valence-electron chi connectivity index (χ1n) is 4.11. The van der Waals surface area contributed by atoms with Gasteiger partial charge in [-0.15, -0.1) is 11.6 Å². The Kier molecular flexibility index (Phi) is 2.18. The lowest BCUT2D eigenvalue weighted by Gasteiger charge is -2.07. The molecule has 1 unspecified atom stereocenters. The van der Waals surface area contributed by atoms with Gasteiger partial charge >= 0.3 is 0 Å². The summed E-state index contributed by atoms with van der Waals surface area (Å²) in [4.78, 5) is 0. The molecule has 0 aliphatic heterocycles. The minimum Gasteiger partial charge on any atom is -0.118 e. The first-order chi connectivity index (χ1) is 5.68. The zero-order chi connectivity index (χ0) is 8.72. The first-order valence-corrected chi connectivity index (χ1v) is 5.34. The van der Waals surface area contributed by atoms with Crippen LogP contribution in [0.3, 0.4) is 0 Å². The van der Waals surface area contributed by atoms with Crippen molar-refractivity contribution in [1.29, 1.82) is 0 Å². The number of aryl methyl sites for hydroxylation is 2. The summed E-state index contributed by atoms with van der Waals surface area (Å²) in [7, 11) is 0. The number of hydrogen-bond donors (Lipinski definition) is 0. The Hall–Kier alpha value is -0.0100. The molecular weight excluding hydrogens is 235 g/mol. The molecule has 1 aromatic rings. The summed E-state index contributed by atoms with van der Waals surface area (Å²) in [5.74, 6) is 0. The van der Waals surface area contributed by atoms with Crippen LogP contribution in [0.4, 0.5) is 0 Å². The zero-order valence-corrected chi connectivity index (χ0v) is 9.24. The van der Waals surface area contributed by atoms with Crippen molar-refractivity contribution in [3.05, 3.63) is 33.3 Å². The molecule has 12 heavy (non-hydrogen) atoms. The van der Waals surface area contributed by atoms with Gasteiger partial charge in [-0.2, -0.15) is 0 Å². The molecule has 0 fully saturated rings. The van der Waals surface area contributed by atoms with E-state index in [0.717, 1.165) is 12.8 Å². The molecule has 1 aromatic carbocycles. The van der Waals surface area contributed by atoms with Gasteiger partial charge in [-0.05, 0) is 48.6 Å². The second-order valence-electron chi connectivity index (χ2n) is 3.30. The highest BCUT2D eigenvalue weighted by Crippen LogP contribution is 2.39. The second kappa shape index (κ2) is 3.04. The molecule has 0 saturated carbocycles. The Balaban J connectivity index is 2.60. The molecule has 0 aromatic heterocycles. The molecule has 64 valence electrons. The van der Waals surface area contributed by atoms with Gasteiger partial charge < -0.3 is 0 Å². The molecule has 0 heterocycles. The largest absolute Gasteiger partial charge is 0.118 e. The zero-order valence-electron chi connectivity index (χ0n) is 6.90. The molecule has 1 aliphatic carbocycles. The Bertz CT molecular complexity index is 320. The van der Waals surface area contributed by atoms with Crippen molar-refractivity contribution in [2.24, 2.45) is 0 Å². The quantitative estimate of drug-likeness (QED) is 0.607. The van der Waals surface area contributed by atoms with Gasteiger partial charge in [-0.3, -0.25) is 0 Å². The van der Waals surface area contributed by atoms with Gasteiger partial charge in [0.15, 0.2) is 0 Å². The van der Waals surface area contributed by atoms with E-state index < -0.39 is 0 Å². The summed E-state index contributed by atoms with van der Waals surface area (Å²) in [5, 5.41) is 0.244. The van der Waals surface area contributed by atoms with E-state index in [9.17, 15) is 0 Å². The highest BCUT2D eigenvalue weighted by atomic mass is 79.9. The fourth-order valence-electron chi connectivity index (χ4n) is 1.91. The van der Waals surface area contributed by atoms with Crippen LogP contribution in [0, 0.1) is 6.92 Å². The van der Waals surface area contributed by atoms with E-state index >= 15 is 0 Å². The van der Waals surface area contributed by atoms with Gasteiger partial charge in [0, 0.05) is 4.47 Å². The third kappa shape index (κ3) is 1.29. The van der Waals surface area contributed by atoms with Crippen LogP contribution < -0.4 is 0 Å². The lowest BCUT2D eigenvalue weighted by Crippen LogP contribution is -1.89. The van der Waals surface area contributed by atoms with Gasteiger partial charge in [0.1, 0.15) is 0 Å². The standard InChI is InChI=1S/C10H10BrCl/c1-6-4-8(11)5-7-2-3-9(12)10(6)7/h4-5,9H,2-3H2,1H3. The summed E-state index contributed by atoms with van der Waals surface area (Å²) >= 11 is 9.68. The van der Waals surface area contributed by atoms with Crippen LogP contribution in [-0.4, -0.2) is 0 Å². The van der Waals surface area contributed by atoms with Crippen LogP contribution in [0.5, 0.6) is 0 Å². The van der Waals surface area contributed by atoms with E-state index in [-0.39, 0.29) is 5.38 Å². The number of rotatable bonds is 0. The van der Waals surface area contributed by atoms with Gasteiger partial charge in [-0.25, -0.2) is 0 Å². The van der Waals surface area contributed by atoms with Crippen molar-refractivity contribution in [2.75, 3.05) is 0 Å². The number of fused-ring (bicyclic) bond motifs is 1. The SMILES string of the molecule is Cc1cc(Br)cc2c1C(Cl)CC2.